The lowest BCUT2D eigenvalue weighted by Gasteiger charge is -2.08. The van der Waals surface area contributed by atoms with E-state index in [0.29, 0.717) is 0 Å². The van der Waals surface area contributed by atoms with Gasteiger partial charge in [-0.15, -0.1) is 0 Å². The van der Waals surface area contributed by atoms with Crippen LogP contribution in [0.3, 0.4) is 0 Å². The Kier molecular flexibility index (Phi) is 12.2. The molecule has 0 aromatic rings. The van der Waals surface area contributed by atoms with Crippen molar-refractivity contribution < 1.29 is 0 Å². The number of hydrogen-bond donors (Lipinski definition) is 0. The summed E-state index contributed by atoms with van der Waals surface area (Å²) < 4.78 is 0. The second-order valence-electron chi connectivity index (χ2n) is 6.75. The lowest BCUT2D eigenvalue weighted by atomic mass is 9.99. The van der Waals surface area contributed by atoms with Gasteiger partial charge < -0.3 is 0 Å². The predicted molar refractivity (Wildman–Crippen MR) is 92.2 cm³/mol. The molecule has 0 bridgehead atoms. The van der Waals surface area contributed by atoms with Crippen molar-refractivity contribution in [1.82, 2.24) is 0 Å². The topological polar surface area (TPSA) is 0 Å². The van der Waals surface area contributed by atoms with E-state index in [1.54, 1.807) is 5.57 Å². The molecule has 0 heterocycles. The van der Waals surface area contributed by atoms with E-state index in [0.717, 1.165) is 0 Å². The Balaban J connectivity index is 2.29. The Morgan fingerprint density at radius 2 is 1.25 bits per heavy atom. The van der Waals surface area contributed by atoms with Crippen molar-refractivity contribution in [2.45, 2.75) is 116 Å². The van der Waals surface area contributed by atoms with Crippen LogP contribution >= 0.6 is 0 Å². The number of hydrogen-bond acceptors (Lipinski definition) is 0. The molecule has 0 fully saturated rings. The van der Waals surface area contributed by atoms with Crippen LogP contribution in [0.2, 0.25) is 0 Å². The van der Waals surface area contributed by atoms with Crippen molar-refractivity contribution in [2.24, 2.45) is 0 Å². The zero-order valence-corrected chi connectivity index (χ0v) is 14.1. The van der Waals surface area contributed by atoms with Gasteiger partial charge in [-0.3, -0.25) is 0 Å². The summed E-state index contributed by atoms with van der Waals surface area (Å²) in [5.74, 6) is 0. The highest BCUT2D eigenvalue weighted by atomic mass is 14.1. The molecule has 0 N–H and O–H groups in total. The third kappa shape index (κ3) is 10.5. The van der Waals surface area contributed by atoms with E-state index in [1.165, 1.54) is 109 Å². The summed E-state index contributed by atoms with van der Waals surface area (Å²) in [5.41, 5.74) is 1.79. The van der Waals surface area contributed by atoms with Crippen molar-refractivity contribution in [3.63, 3.8) is 0 Å². The Hall–Kier alpha value is -0.260. The van der Waals surface area contributed by atoms with Crippen LogP contribution in [0, 0.1) is 0 Å². The molecule has 0 aliphatic heterocycles. The maximum Gasteiger partial charge on any atom is -0.0320 e. The molecule has 0 nitrogen and oxygen atoms in total. The molecular weight excluding hydrogens is 240 g/mol. The molecule has 0 heteroatoms. The zero-order chi connectivity index (χ0) is 14.3. The lowest BCUT2D eigenvalue weighted by molar-refractivity contribution is 0.548. The second kappa shape index (κ2) is 13.7. The van der Waals surface area contributed by atoms with Gasteiger partial charge in [0.05, 0.1) is 0 Å². The van der Waals surface area contributed by atoms with Crippen LogP contribution in [-0.2, 0) is 0 Å². The summed E-state index contributed by atoms with van der Waals surface area (Å²) in [6.45, 7) is 2.31. The van der Waals surface area contributed by atoms with Crippen molar-refractivity contribution >= 4 is 0 Å². The van der Waals surface area contributed by atoms with E-state index in [2.05, 4.69) is 13.0 Å². The standard InChI is InChI=1S/C20H38/c1-2-3-14-17-20-18-15-12-10-8-6-4-5-7-9-11-13-16-19-20/h18H,2-17,19H2,1H3/b20-18-. The average Bonchev–Trinajstić information content (AvgIpc) is 2.47. The van der Waals surface area contributed by atoms with Crippen LogP contribution in [0.25, 0.3) is 0 Å². The van der Waals surface area contributed by atoms with Gasteiger partial charge in [0.1, 0.15) is 0 Å². The van der Waals surface area contributed by atoms with Crippen molar-refractivity contribution in [3.05, 3.63) is 11.6 Å². The fraction of sp³-hybridized carbons (Fsp3) is 0.900. The van der Waals surface area contributed by atoms with Crippen molar-refractivity contribution in [3.8, 4) is 0 Å². The molecule has 0 saturated heterocycles. The smallest absolute Gasteiger partial charge is 0.0320 e. The molecule has 1 rings (SSSR count). The highest BCUT2D eigenvalue weighted by molar-refractivity contribution is 5.01. The molecular formula is C20H38. The van der Waals surface area contributed by atoms with E-state index in [9.17, 15) is 0 Å². The van der Waals surface area contributed by atoms with Crippen LogP contribution in [0.15, 0.2) is 11.6 Å². The first-order valence-electron chi connectivity index (χ1n) is 9.61. The first-order chi connectivity index (χ1) is 9.93. The SMILES string of the molecule is CCCCC/C1=C/CCCCCCCCCCCCC1. The third-order valence-corrected chi connectivity index (χ3v) is 4.74. The normalized spacial score (nSPS) is 23.4. The maximum atomic E-state index is 2.61. The van der Waals surface area contributed by atoms with Gasteiger partial charge in [0.2, 0.25) is 0 Å². The Labute approximate surface area is 128 Å². The summed E-state index contributed by atoms with van der Waals surface area (Å²) in [5, 5.41) is 0. The third-order valence-electron chi connectivity index (χ3n) is 4.74. The molecule has 118 valence electrons. The Morgan fingerprint density at radius 1 is 0.700 bits per heavy atom. The molecule has 0 saturated carbocycles. The zero-order valence-electron chi connectivity index (χ0n) is 14.1. The van der Waals surface area contributed by atoms with E-state index in [4.69, 9.17) is 0 Å². The monoisotopic (exact) mass is 278 g/mol. The van der Waals surface area contributed by atoms with Crippen molar-refractivity contribution in [2.75, 3.05) is 0 Å². The maximum absolute atomic E-state index is 2.61. The van der Waals surface area contributed by atoms with Crippen LogP contribution in [0.4, 0.5) is 0 Å². The summed E-state index contributed by atoms with van der Waals surface area (Å²) in [6.07, 6.45) is 27.1. The average molecular weight is 279 g/mol. The molecule has 20 heavy (non-hydrogen) atoms. The highest BCUT2D eigenvalue weighted by Crippen LogP contribution is 2.20. The molecule has 0 radical (unpaired) electrons. The fourth-order valence-corrected chi connectivity index (χ4v) is 3.32. The molecule has 0 unspecified atom stereocenters. The lowest BCUT2D eigenvalue weighted by Crippen LogP contribution is -1.88. The van der Waals surface area contributed by atoms with E-state index in [-0.39, 0.29) is 0 Å². The molecule has 0 atom stereocenters. The first kappa shape index (κ1) is 17.8. The van der Waals surface area contributed by atoms with Gasteiger partial charge in [-0.25, -0.2) is 0 Å². The van der Waals surface area contributed by atoms with Gasteiger partial charge in [0.15, 0.2) is 0 Å². The van der Waals surface area contributed by atoms with Crippen LogP contribution in [0.1, 0.15) is 116 Å². The van der Waals surface area contributed by atoms with Crippen LogP contribution < -0.4 is 0 Å². The summed E-state index contributed by atoms with van der Waals surface area (Å²) in [7, 11) is 0. The van der Waals surface area contributed by atoms with E-state index >= 15 is 0 Å². The molecule has 1 aliphatic carbocycles. The van der Waals surface area contributed by atoms with Gasteiger partial charge in [0, 0.05) is 0 Å². The number of unbranched alkanes of at least 4 members (excludes halogenated alkanes) is 2. The quantitative estimate of drug-likeness (QED) is 0.367. The molecule has 0 aromatic carbocycles. The summed E-state index contributed by atoms with van der Waals surface area (Å²) in [6, 6.07) is 0. The van der Waals surface area contributed by atoms with E-state index in [1.807, 2.05) is 0 Å². The minimum atomic E-state index is 1.35. The Morgan fingerprint density at radius 3 is 1.85 bits per heavy atom. The van der Waals surface area contributed by atoms with Gasteiger partial charge in [-0.2, -0.15) is 0 Å². The number of rotatable bonds is 4. The molecule has 0 spiro atoms. The Bertz CT molecular complexity index is 226. The van der Waals surface area contributed by atoms with E-state index < -0.39 is 0 Å². The highest BCUT2D eigenvalue weighted by Gasteiger charge is 2.00. The summed E-state index contributed by atoms with van der Waals surface area (Å²) in [4.78, 5) is 0. The largest absolute Gasteiger partial charge is 0.0853 e. The molecule has 1 aliphatic rings. The minimum absolute atomic E-state index is 1.35. The fourth-order valence-electron chi connectivity index (χ4n) is 3.32. The summed E-state index contributed by atoms with van der Waals surface area (Å²) >= 11 is 0. The van der Waals surface area contributed by atoms with Gasteiger partial charge in [-0.1, -0.05) is 89.2 Å². The minimum Gasteiger partial charge on any atom is -0.0853 e. The van der Waals surface area contributed by atoms with Crippen LogP contribution in [-0.4, -0.2) is 0 Å². The second-order valence-corrected chi connectivity index (χ2v) is 6.75. The predicted octanol–water partition coefficient (Wildman–Crippen LogP) is 7.58. The van der Waals surface area contributed by atoms with Crippen LogP contribution in [0.5, 0.6) is 0 Å². The van der Waals surface area contributed by atoms with Crippen molar-refractivity contribution in [1.29, 1.82) is 0 Å². The van der Waals surface area contributed by atoms with Gasteiger partial charge in [0.25, 0.3) is 0 Å². The number of allylic oxidation sites excluding steroid dienone is 2. The molecule has 0 amide bonds. The molecule has 0 aromatic heterocycles. The van der Waals surface area contributed by atoms with Gasteiger partial charge >= 0.3 is 0 Å². The first-order valence-corrected chi connectivity index (χ1v) is 9.61. The van der Waals surface area contributed by atoms with Gasteiger partial charge in [-0.05, 0) is 38.5 Å².